The zero-order chi connectivity index (χ0) is 28.8. The van der Waals surface area contributed by atoms with Gasteiger partial charge in [0.05, 0.1) is 17.4 Å². The molecule has 208 valence electrons. The van der Waals surface area contributed by atoms with Crippen LogP contribution in [0, 0.1) is 17.8 Å². The highest BCUT2D eigenvalue weighted by atomic mass is 16.5. The number of carbonyl (C=O) groups excluding carboxylic acids is 2. The molecule has 0 radical (unpaired) electrons. The number of hydrogen-bond donors (Lipinski definition) is 0. The quantitative estimate of drug-likeness (QED) is 0.209. The molecule has 0 N–H and O–H groups in total. The normalized spacial score (nSPS) is 12.5. The van der Waals surface area contributed by atoms with Gasteiger partial charge in [-0.15, -0.1) is 0 Å². The van der Waals surface area contributed by atoms with Crippen molar-refractivity contribution in [3.8, 4) is 5.75 Å². The summed E-state index contributed by atoms with van der Waals surface area (Å²) in [5.74, 6) is -0.229. The Bertz CT molecular complexity index is 1210. The van der Waals surface area contributed by atoms with E-state index in [4.69, 9.17) is 9.47 Å². The summed E-state index contributed by atoms with van der Waals surface area (Å²) in [6.07, 6.45) is 0. The molecule has 0 saturated carbocycles. The van der Waals surface area contributed by atoms with Gasteiger partial charge in [0.15, 0.2) is 0 Å². The Balaban J connectivity index is 2.04. The molecule has 5 nitrogen and oxygen atoms in total. The first-order valence-electron chi connectivity index (χ1n) is 13.6. The lowest BCUT2D eigenvalue weighted by Gasteiger charge is -2.29. The predicted molar refractivity (Wildman–Crippen MR) is 158 cm³/mol. The second-order valence-corrected chi connectivity index (χ2v) is 12.4. The Morgan fingerprint density at radius 3 is 1.72 bits per heavy atom. The summed E-state index contributed by atoms with van der Waals surface area (Å²) in [5.41, 5.74) is 4.01. The summed E-state index contributed by atoms with van der Waals surface area (Å²) in [4.78, 5) is 27.8. The van der Waals surface area contributed by atoms with Crippen LogP contribution < -0.4 is 9.64 Å². The van der Waals surface area contributed by atoms with Gasteiger partial charge in [-0.1, -0.05) is 67.6 Å². The average molecular weight is 530 g/mol. The van der Waals surface area contributed by atoms with Crippen molar-refractivity contribution in [2.24, 2.45) is 10.8 Å². The van der Waals surface area contributed by atoms with E-state index in [1.54, 1.807) is 0 Å². The molecule has 5 heteroatoms. The Morgan fingerprint density at radius 2 is 1.26 bits per heavy atom. The van der Waals surface area contributed by atoms with Crippen molar-refractivity contribution in [1.29, 1.82) is 0 Å². The Kier molecular flexibility index (Phi) is 9.60. The largest absolute Gasteiger partial charge is 0.465 e. The standard InChI is InChI=1S/C34H43NO4/c1-24-19-28(25(2)23-38-31(36)33(3,4)5)30(39-32(37)34(6,7)8)20-29(24)35(21-26-15-11-9-12-16-26)22-27-17-13-10-14-18-27/h9-20,25H,21-23H2,1-8H3. The van der Waals surface area contributed by atoms with E-state index in [0.717, 1.165) is 16.8 Å². The van der Waals surface area contributed by atoms with Gasteiger partial charge in [-0.2, -0.15) is 0 Å². The molecule has 0 aliphatic rings. The van der Waals surface area contributed by atoms with Crippen molar-refractivity contribution in [2.75, 3.05) is 11.5 Å². The van der Waals surface area contributed by atoms with E-state index in [1.165, 1.54) is 11.1 Å². The maximum atomic E-state index is 13.0. The van der Waals surface area contributed by atoms with Gasteiger partial charge in [-0.25, -0.2) is 0 Å². The fourth-order valence-electron chi connectivity index (χ4n) is 4.11. The molecule has 3 aromatic carbocycles. The second kappa shape index (κ2) is 12.5. The van der Waals surface area contributed by atoms with E-state index in [0.29, 0.717) is 18.8 Å². The smallest absolute Gasteiger partial charge is 0.316 e. The fourth-order valence-corrected chi connectivity index (χ4v) is 4.11. The minimum Gasteiger partial charge on any atom is -0.465 e. The van der Waals surface area contributed by atoms with Crippen LogP contribution in [0.3, 0.4) is 0 Å². The minimum atomic E-state index is -0.669. The average Bonchev–Trinajstić information content (AvgIpc) is 2.87. The van der Waals surface area contributed by atoms with Crippen molar-refractivity contribution < 1.29 is 19.1 Å². The molecular weight excluding hydrogens is 486 g/mol. The molecule has 0 heterocycles. The second-order valence-electron chi connectivity index (χ2n) is 12.4. The van der Waals surface area contributed by atoms with E-state index in [9.17, 15) is 9.59 Å². The van der Waals surface area contributed by atoms with Gasteiger partial charge in [0.2, 0.25) is 0 Å². The third-order valence-electron chi connectivity index (χ3n) is 6.52. The summed E-state index contributed by atoms with van der Waals surface area (Å²) < 4.78 is 11.7. The zero-order valence-corrected chi connectivity index (χ0v) is 24.7. The lowest BCUT2D eigenvalue weighted by atomic mass is 9.95. The topological polar surface area (TPSA) is 55.8 Å². The van der Waals surface area contributed by atoms with Crippen molar-refractivity contribution in [2.45, 2.75) is 74.4 Å². The van der Waals surface area contributed by atoms with Crippen LogP contribution in [0.4, 0.5) is 5.69 Å². The first-order chi connectivity index (χ1) is 18.3. The highest BCUT2D eigenvalue weighted by Gasteiger charge is 2.28. The van der Waals surface area contributed by atoms with E-state index < -0.39 is 10.8 Å². The molecule has 0 aliphatic carbocycles. The Labute approximate surface area is 234 Å². The van der Waals surface area contributed by atoms with Gasteiger partial charge in [-0.05, 0) is 71.2 Å². The first-order valence-corrected chi connectivity index (χ1v) is 13.6. The summed E-state index contributed by atoms with van der Waals surface area (Å²) >= 11 is 0. The molecule has 39 heavy (non-hydrogen) atoms. The van der Waals surface area contributed by atoms with Crippen LogP contribution in [-0.2, 0) is 27.4 Å². The molecule has 3 rings (SSSR count). The van der Waals surface area contributed by atoms with E-state index >= 15 is 0 Å². The maximum Gasteiger partial charge on any atom is 0.316 e. The van der Waals surface area contributed by atoms with E-state index in [-0.39, 0.29) is 24.5 Å². The number of carbonyl (C=O) groups is 2. The van der Waals surface area contributed by atoms with Crippen molar-refractivity contribution in [3.63, 3.8) is 0 Å². The summed E-state index contributed by atoms with van der Waals surface area (Å²) in [7, 11) is 0. The van der Waals surface area contributed by atoms with E-state index in [2.05, 4.69) is 42.2 Å². The van der Waals surface area contributed by atoms with Crippen LogP contribution in [0.25, 0.3) is 0 Å². The van der Waals surface area contributed by atoms with E-state index in [1.807, 2.05) is 90.9 Å². The van der Waals surface area contributed by atoms with Crippen molar-refractivity contribution in [3.05, 3.63) is 95.1 Å². The summed E-state index contributed by atoms with van der Waals surface area (Å²) in [6, 6.07) is 24.7. The summed E-state index contributed by atoms with van der Waals surface area (Å²) in [5, 5.41) is 0. The van der Waals surface area contributed by atoms with Gasteiger partial charge in [0.25, 0.3) is 0 Å². The van der Waals surface area contributed by atoms with Gasteiger partial charge in [-0.3, -0.25) is 9.59 Å². The number of hydrogen-bond acceptors (Lipinski definition) is 5. The van der Waals surface area contributed by atoms with Crippen LogP contribution in [-0.4, -0.2) is 18.5 Å². The summed E-state index contributed by atoms with van der Waals surface area (Å²) in [6.45, 7) is 16.7. The molecule has 0 bridgehead atoms. The van der Waals surface area contributed by atoms with Gasteiger partial charge in [0.1, 0.15) is 5.75 Å². The molecule has 1 atom stereocenters. The third-order valence-corrected chi connectivity index (χ3v) is 6.52. The van der Waals surface area contributed by atoms with Gasteiger partial charge in [0, 0.05) is 36.3 Å². The molecule has 0 aliphatic heterocycles. The molecule has 0 amide bonds. The Morgan fingerprint density at radius 1 is 0.769 bits per heavy atom. The molecule has 0 spiro atoms. The number of ether oxygens (including phenoxy) is 2. The van der Waals surface area contributed by atoms with Crippen LogP contribution in [0.5, 0.6) is 5.75 Å². The highest BCUT2D eigenvalue weighted by molar-refractivity contribution is 5.79. The van der Waals surface area contributed by atoms with Crippen molar-refractivity contribution >= 4 is 17.6 Å². The number of esters is 2. The number of nitrogens with zero attached hydrogens (tertiary/aromatic N) is 1. The minimum absolute atomic E-state index is 0.163. The number of anilines is 1. The molecule has 0 aromatic heterocycles. The lowest BCUT2D eigenvalue weighted by molar-refractivity contribution is -0.153. The van der Waals surface area contributed by atoms with Crippen LogP contribution in [0.2, 0.25) is 0 Å². The number of aryl methyl sites for hydroxylation is 1. The maximum absolute atomic E-state index is 13.0. The number of benzene rings is 3. The fraction of sp³-hybridized carbons (Fsp3) is 0.412. The van der Waals surface area contributed by atoms with Crippen LogP contribution in [0.1, 0.15) is 76.6 Å². The molecule has 3 aromatic rings. The SMILES string of the molecule is Cc1cc(C(C)COC(=O)C(C)(C)C)c(OC(=O)C(C)(C)C)cc1N(Cc1ccccc1)Cc1ccccc1. The van der Waals surface area contributed by atoms with Crippen LogP contribution in [0.15, 0.2) is 72.8 Å². The molecule has 0 saturated heterocycles. The van der Waals surface area contributed by atoms with Crippen molar-refractivity contribution in [1.82, 2.24) is 0 Å². The molecule has 1 unspecified atom stereocenters. The third kappa shape index (κ3) is 8.44. The van der Waals surface area contributed by atoms with Gasteiger partial charge < -0.3 is 14.4 Å². The Hall–Kier alpha value is -3.60. The monoisotopic (exact) mass is 529 g/mol. The zero-order valence-electron chi connectivity index (χ0n) is 24.7. The first kappa shape index (κ1) is 29.9. The number of rotatable bonds is 9. The van der Waals surface area contributed by atoms with Gasteiger partial charge >= 0.3 is 11.9 Å². The molecular formula is C34H43NO4. The molecule has 0 fully saturated rings. The highest BCUT2D eigenvalue weighted by Crippen LogP contribution is 2.37. The van der Waals surface area contributed by atoms with Crippen LogP contribution >= 0.6 is 0 Å². The lowest BCUT2D eigenvalue weighted by Crippen LogP contribution is -2.28. The predicted octanol–water partition coefficient (Wildman–Crippen LogP) is 7.85.